The zero-order chi connectivity index (χ0) is 22.5. The molecule has 168 valence electrons. The molecule has 1 aromatic carbocycles. The SMILES string of the molecule is COCc1onc(-c2ccc(F)cc2)c1C(=O)c1c[nH]c(OC(=O)NC2CCOCC2)c1. The number of rotatable bonds is 7. The van der Waals surface area contributed by atoms with Gasteiger partial charge < -0.3 is 29.0 Å². The van der Waals surface area contributed by atoms with Gasteiger partial charge in [0.05, 0.1) is 5.56 Å². The first kappa shape index (κ1) is 21.7. The summed E-state index contributed by atoms with van der Waals surface area (Å²) in [6.07, 6.45) is 2.24. The van der Waals surface area contributed by atoms with E-state index in [1.807, 2.05) is 0 Å². The van der Waals surface area contributed by atoms with Gasteiger partial charge in [0, 0.05) is 49.8 Å². The van der Waals surface area contributed by atoms with Gasteiger partial charge in [0.2, 0.25) is 11.7 Å². The Morgan fingerprint density at radius 3 is 2.72 bits per heavy atom. The Kier molecular flexibility index (Phi) is 6.62. The minimum atomic E-state index is -0.616. The summed E-state index contributed by atoms with van der Waals surface area (Å²) in [6.45, 7) is 1.20. The van der Waals surface area contributed by atoms with E-state index in [2.05, 4.69) is 15.5 Å². The first-order valence-electron chi connectivity index (χ1n) is 10.1. The third-order valence-corrected chi connectivity index (χ3v) is 5.05. The van der Waals surface area contributed by atoms with Crippen LogP contribution in [0.3, 0.4) is 0 Å². The number of halogens is 1. The Morgan fingerprint density at radius 1 is 1.25 bits per heavy atom. The molecule has 1 aliphatic heterocycles. The Balaban J connectivity index is 1.53. The molecule has 2 aromatic heterocycles. The predicted molar refractivity (Wildman–Crippen MR) is 110 cm³/mol. The highest BCUT2D eigenvalue weighted by Crippen LogP contribution is 2.29. The van der Waals surface area contributed by atoms with Gasteiger partial charge in [-0.05, 0) is 37.1 Å². The molecule has 4 rings (SSSR count). The molecule has 1 amide bonds. The molecule has 32 heavy (non-hydrogen) atoms. The number of methoxy groups -OCH3 is 1. The van der Waals surface area contributed by atoms with Crippen LogP contribution in [-0.4, -0.2) is 48.4 Å². The molecule has 2 N–H and O–H groups in total. The normalized spacial score (nSPS) is 14.3. The van der Waals surface area contributed by atoms with Crippen molar-refractivity contribution in [3.05, 3.63) is 59.2 Å². The number of hydrogen-bond acceptors (Lipinski definition) is 7. The third-order valence-electron chi connectivity index (χ3n) is 5.05. The Morgan fingerprint density at radius 2 is 2.00 bits per heavy atom. The van der Waals surface area contributed by atoms with Gasteiger partial charge in [0.25, 0.3) is 0 Å². The second-order valence-corrected chi connectivity index (χ2v) is 7.27. The van der Waals surface area contributed by atoms with Crippen LogP contribution < -0.4 is 10.1 Å². The van der Waals surface area contributed by atoms with Crippen LogP contribution in [0.5, 0.6) is 5.88 Å². The topological polar surface area (TPSA) is 116 Å². The minimum Gasteiger partial charge on any atom is -0.393 e. The fraction of sp³-hybridized carbons (Fsp3) is 0.318. The lowest BCUT2D eigenvalue weighted by Crippen LogP contribution is -2.40. The van der Waals surface area contributed by atoms with Crippen LogP contribution in [0.2, 0.25) is 0 Å². The molecule has 0 radical (unpaired) electrons. The van der Waals surface area contributed by atoms with E-state index in [0.29, 0.717) is 31.6 Å². The molecule has 0 atom stereocenters. The van der Waals surface area contributed by atoms with Crippen LogP contribution >= 0.6 is 0 Å². The van der Waals surface area contributed by atoms with Gasteiger partial charge in [-0.2, -0.15) is 0 Å². The molecule has 1 saturated heterocycles. The van der Waals surface area contributed by atoms with E-state index < -0.39 is 17.7 Å². The van der Waals surface area contributed by atoms with Crippen molar-refractivity contribution >= 4 is 11.9 Å². The molecule has 0 bridgehead atoms. The van der Waals surface area contributed by atoms with Crippen molar-refractivity contribution in [3.8, 4) is 17.1 Å². The van der Waals surface area contributed by atoms with Crippen LogP contribution in [0.15, 0.2) is 41.1 Å². The van der Waals surface area contributed by atoms with E-state index in [1.54, 1.807) is 0 Å². The number of H-pyrrole nitrogens is 1. The maximum atomic E-state index is 13.3. The highest BCUT2D eigenvalue weighted by molar-refractivity contribution is 6.13. The maximum Gasteiger partial charge on any atom is 0.414 e. The molecule has 0 unspecified atom stereocenters. The van der Waals surface area contributed by atoms with E-state index in [1.165, 1.54) is 43.6 Å². The summed E-state index contributed by atoms with van der Waals surface area (Å²) in [4.78, 5) is 28.2. The summed E-state index contributed by atoms with van der Waals surface area (Å²) in [5.41, 5.74) is 1.21. The summed E-state index contributed by atoms with van der Waals surface area (Å²) < 4.78 is 34.3. The monoisotopic (exact) mass is 443 g/mol. The number of benzene rings is 1. The molecule has 3 heterocycles. The van der Waals surface area contributed by atoms with Crippen molar-refractivity contribution in [2.24, 2.45) is 0 Å². The number of carbonyl (C=O) groups is 2. The molecule has 3 aromatic rings. The molecule has 9 nitrogen and oxygen atoms in total. The molecule has 0 aliphatic carbocycles. The highest BCUT2D eigenvalue weighted by atomic mass is 19.1. The first-order valence-corrected chi connectivity index (χ1v) is 10.1. The largest absolute Gasteiger partial charge is 0.414 e. The fourth-order valence-corrected chi connectivity index (χ4v) is 3.44. The molecular formula is C22H22FN3O6. The van der Waals surface area contributed by atoms with Gasteiger partial charge in [-0.1, -0.05) is 5.16 Å². The number of hydrogen-bond donors (Lipinski definition) is 2. The zero-order valence-electron chi connectivity index (χ0n) is 17.4. The zero-order valence-corrected chi connectivity index (χ0v) is 17.4. The first-order chi connectivity index (χ1) is 15.5. The summed E-state index contributed by atoms with van der Waals surface area (Å²) >= 11 is 0. The molecule has 1 fully saturated rings. The summed E-state index contributed by atoms with van der Waals surface area (Å²) in [7, 11) is 1.47. The number of carbonyl (C=O) groups excluding carboxylic acids is 2. The predicted octanol–water partition coefficient (Wildman–Crippen LogP) is 3.45. The number of nitrogens with one attached hydrogen (secondary N) is 2. The van der Waals surface area contributed by atoms with Crippen LogP contribution in [-0.2, 0) is 16.1 Å². The standard InChI is InChI=1S/C22H22FN3O6/c1-29-12-17-19(20(26-32-17)13-2-4-15(23)5-3-13)21(27)14-10-18(24-11-14)31-22(28)25-16-6-8-30-9-7-16/h2-5,10-11,16,24H,6-9,12H2,1H3,(H,25,28). The van der Waals surface area contributed by atoms with Crippen LogP contribution in [0, 0.1) is 5.82 Å². The van der Waals surface area contributed by atoms with Crippen LogP contribution in [0.4, 0.5) is 9.18 Å². The maximum absolute atomic E-state index is 13.3. The number of aromatic nitrogens is 2. The Labute approximate surface area is 182 Å². The van der Waals surface area contributed by atoms with E-state index in [0.717, 1.165) is 0 Å². The van der Waals surface area contributed by atoms with E-state index in [9.17, 15) is 14.0 Å². The molecule has 0 spiro atoms. The van der Waals surface area contributed by atoms with Gasteiger partial charge >= 0.3 is 6.09 Å². The summed E-state index contributed by atoms with van der Waals surface area (Å²) in [5.74, 6) is -0.467. The number of ether oxygens (including phenoxy) is 3. The van der Waals surface area contributed by atoms with E-state index >= 15 is 0 Å². The van der Waals surface area contributed by atoms with Gasteiger partial charge in [-0.3, -0.25) is 4.79 Å². The van der Waals surface area contributed by atoms with Crippen molar-refractivity contribution < 1.29 is 32.7 Å². The van der Waals surface area contributed by atoms with Crippen LogP contribution in [0.25, 0.3) is 11.3 Å². The van der Waals surface area contributed by atoms with Crippen molar-refractivity contribution in [2.75, 3.05) is 20.3 Å². The number of amides is 1. The average molecular weight is 443 g/mol. The van der Waals surface area contributed by atoms with E-state index in [4.69, 9.17) is 18.7 Å². The average Bonchev–Trinajstić information content (AvgIpc) is 3.42. The van der Waals surface area contributed by atoms with Crippen molar-refractivity contribution in [2.45, 2.75) is 25.5 Å². The highest BCUT2D eigenvalue weighted by Gasteiger charge is 2.26. The van der Waals surface area contributed by atoms with E-state index in [-0.39, 0.29) is 41.1 Å². The molecule has 1 aliphatic rings. The van der Waals surface area contributed by atoms with Crippen LogP contribution in [0.1, 0.15) is 34.5 Å². The summed E-state index contributed by atoms with van der Waals surface area (Å²) in [5, 5.41) is 6.76. The lowest BCUT2D eigenvalue weighted by molar-refractivity contribution is 0.0777. The molecule has 0 saturated carbocycles. The quantitative estimate of drug-likeness (QED) is 0.537. The number of ketones is 1. The summed E-state index contributed by atoms with van der Waals surface area (Å²) in [6, 6.07) is 6.96. The second kappa shape index (κ2) is 9.75. The van der Waals surface area contributed by atoms with Gasteiger partial charge in [0.15, 0.2) is 5.76 Å². The van der Waals surface area contributed by atoms with Gasteiger partial charge in [0.1, 0.15) is 18.1 Å². The minimum absolute atomic E-state index is 0.0146. The fourth-order valence-electron chi connectivity index (χ4n) is 3.44. The second-order valence-electron chi connectivity index (χ2n) is 7.27. The number of aromatic amines is 1. The smallest absolute Gasteiger partial charge is 0.393 e. The Bertz CT molecular complexity index is 1090. The van der Waals surface area contributed by atoms with Crippen molar-refractivity contribution in [1.82, 2.24) is 15.5 Å². The lowest BCUT2D eigenvalue weighted by atomic mass is 9.99. The third kappa shape index (κ3) is 4.87. The van der Waals surface area contributed by atoms with Gasteiger partial charge in [-0.25, -0.2) is 9.18 Å². The van der Waals surface area contributed by atoms with Gasteiger partial charge in [-0.15, -0.1) is 0 Å². The number of nitrogens with zero attached hydrogens (tertiary/aromatic N) is 1. The molecule has 10 heteroatoms. The van der Waals surface area contributed by atoms with Crippen molar-refractivity contribution in [3.63, 3.8) is 0 Å². The lowest BCUT2D eigenvalue weighted by Gasteiger charge is -2.22. The van der Waals surface area contributed by atoms with Crippen molar-refractivity contribution in [1.29, 1.82) is 0 Å². The Hall–Kier alpha value is -3.50. The molecular weight excluding hydrogens is 421 g/mol.